The first-order valence-electron chi connectivity index (χ1n) is 8.36. The van der Waals surface area contributed by atoms with Gasteiger partial charge in [-0.25, -0.2) is 5.01 Å². The summed E-state index contributed by atoms with van der Waals surface area (Å²) in [6.07, 6.45) is 3.07. The van der Waals surface area contributed by atoms with E-state index < -0.39 is 0 Å². The molecule has 0 spiro atoms. The Balaban J connectivity index is 2.24. The maximum absolute atomic E-state index is 12.6. The van der Waals surface area contributed by atoms with E-state index in [1.165, 1.54) is 5.01 Å². The van der Waals surface area contributed by atoms with Crippen LogP contribution in [0.15, 0.2) is 47.2 Å². The standard InChI is InChI=1S/C20H19Cl2N3O/c1-3-4-19(26)25-12(2)9-14-10-17(21)18(22)11-16(14)20(24-25)13-5-7-15(23)8-6-13/h5-11H,3-4,23H2,1-2H3. The van der Waals surface area contributed by atoms with Crippen LogP contribution in [0.3, 0.4) is 0 Å². The molecular formula is C20H19Cl2N3O. The number of hydrazone groups is 1. The van der Waals surface area contributed by atoms with Crippen LogP contribution in [0.1, 0.15) is 43.4 Å². The number of nitrogen functional groups attached to an aromatic ring is 1. The summed E-state index contributed by atoms with van der Waals surface area (Å²) in [6.45, 7) is 3.82. The Morgan fingerprint density at radius 2 is 1.81 bits per heavy atom. The number of anilines is 1. The summed E-state index contributed by atoms with van der Waals surface area (Å²) in [5.41, 5.74) is 10.4. The number of benzene rings is 2. The zero-order chi connectivity index (χ0) is 18.8. The predicted octanol–water partition coefficient (Wildman–Crippen LogP) is 5.33. The highest BCUT2D eigenvalue weighted by Gasteiger charge is 2.23. The van der Waals surface area contributed by atoms with Gasteiger partial charge in [-0.15, -0.1) is 0 Å². The summed E-state index contributed by atoms with van der Waals surface area (Å²) in [7, 11) is 0. The third kappa shape index (κ3) is 3.62. The van der Waals surface area contributed by atoms with Gasteiger partial charge in [-0.3, -0.25) is 4.79 Å². The summed E-state index contributed by atoms with van der Waals surface area (Å²) >= 11 is 12.5. The molecule has 0 fully saturated rings. The average Bonchev–Trinajstić information content (AvgIpc) is 2.73. The lowest BCUT2D eigenvalue weighted by Crippen LogP contribution is -2.25. The first kappa shape index (κ1) is 18.5. The summed E-state index contributed by atoms with van der Waals surface area (Å²) in [5.74, 6) is -0.0563. The fraction of sp³-hybridized carbons (Fsp3) is 0.200. The number of allylic oxidation sites excluding steroid dienone is 1. The molecule has 0 saturated heterocycles. The number of nitrogens with zero attached hydrogens (tertiary/aromatic N) is 2. The van der Waals surface area contributed by atoms with Crippen molar-refractivity contribution in [1.82, 2.24) is 5.01 Å². The van der Waals surface area contributed by atoms with E-state index in [2.05, 4.69) is 5.10 Å². The van der Waals surface area contributed by atoms with Gasteiger partial charge in [-0.1, -0.05) is 42.3 Å². The Morgan fingerprint density at radius 1 is 1.15 bits per heavy atom. The van der Waals surface area contributed by atoms with Crippen LogP contribution >= 0.6 is 23.2 Å². The highest BCUT2D eigenvalue weighted by Crippen LogP contribution is 2.32. The van der Waals surface area contributed by atoms with Gasteiger partial charge in [0.1, 0.15) is 0 Å². The van der Waals surface area contributed by atoms with Crippen molar-refractivity contribution >= 4 is 46.6 Å². The maximum Gasteiger partial charge on any atom is 0.247 e. The third-order valence-electron chi connectivity index (χ3n) is 4.13. The minimum atomic E-state index is -0.0563. The minimum Gasteiger partial charge on any atom is -0.399 e. The fourth-order valence-corrected chi connectivity index (χ4v) is 3.17. The largest absolute Gasteiger partial charge is 0.399 e. The molecule has 134 valence electrons. The van der Waals surface area contributed by atoms with E-state index in [4.69, 9.17) is 28.9 Å². The van der Waals surface area contributed by atoms with Crippen LogP contribution in [0.4, 0.5) is 5.69 Å². The normalized spacial score (nSPS) is 13.6. The topological polar surface area (TPSA) is 58.7 Å². The summed E-state index contributed by atoms with van der Waals surface area (Å²) in [5, 5.41) is 7.03. The van der Waals surface area contributed by atoms with E-state index in [0.717, 1.165) is 28.8 Å². The van der Waals surface area contributed by atoms with Crippen molar-refractivity contribution in [2.24, 2.45) is 5.10 Å². The lowest BCUT2D eigenvalue weighted by molar-refractivity contribution is -0.129. The highest BCUT2D eigenvalue weighted by molar-refractivity contribution is 6.42. The smallest absolute Gasteiger partial charge is 0.247 e. The Bertz CT molecular complexity index is 917. The van der Waals surface area contributed by atoms with Crippen molar-refractivity contribution in [3.8, 4) is 0 Å². The molecule has 1 amide bonds. The Labute approximate surface area is 162 Å². The average molecular weight is 388 g/mol. The van der Waals surface area contributed by atoms with Gasteiger partial charge >= 0.3 is 0 Å². The molecule has 26 heavy (non-hydrogen) atoms. The van der Waals surface area contributed by atoms with E-state index in [9.17, 15) is 4.79 Å². The molecule has 0 bridgehead atoms. The molecule has 6 heteroatoms. The van der Waals surface area contributed by atoms with Crippen LogP contribution in [-0.2, 0) is 4.79 Å². The van der Waals surface area contributed by atoms with E-state index in [1.807, 2.05) is 32.1 Å². The molecule has 0 saturated carbocycles. The van der Waals surface area contributed by atoms with Gasteiger partial charge in [0.15, 0.2) is 0 Å². The Kier molecular flexibility index (Phi) is 5.35. The zero-order valence-corrected chi connectivity index (χ0v) is 16.1. The number of carbonyl (C=O) groups excluding carboxylic acids is 1. The lowest BCUT2D eigenvalue weighted by Gasteiger charge is -2.18. The maximum atomic E-state index is 12.6. The minimum absolute atomic E-state index is 0.0563. The Hall–Kier alpha value is -2.30. The number of hydrogen-bond donors (Lipinski definition) is 1. The molecule has 1 aliphatic rings. The first-order valence-corrected chi connectivity index (χ1v) is 9.11. The van der Waals surface area contributed by atoms with Gasteiger partial charge in [0.25, 0.3) is 0 Å². The quantitative estimate of drug-likeness (QED) is 0.723. The molecule has 0 radical (unpaired) electrons. The van der Waals surface area contributed by atoms with Crippen molar-refractivity contribution in [1.29, 1.82) is 0 Å². The van der Waals surface area contributed by atoms with E-state index in [-0.39, 0.29) is 5.91 Å². The van der Waals surface area contributed by atoms with Crippen LogP contribution in [0.5, 0.6) is 0 Å². The third-order valence-corrected chi connectivity index (χ3v) is 4.85. The summed E-state index contributed by atoms with van der Waals surface area (Å²) in [6, 6.07) is 10.9. The molecule has 1 aliphatic heterocycles. The number of halogens is 2. The fourth-order valence-electron chi connectivity index (χ4n) is 2.83. The first-order chi connectivity index (χ1) is 12.4. The molecule has 3 rings (SSSR count). The van der Waals surface area contributed by atoms with E-state index in [0.29, 0.717) is 27.9 Å². The monoisotopic (exact) mass is 387 g/mol. The number of nitrogens with two attached hydrogens (primary N) is 1. The van der Waals surface area contributed by atoms with Crippen molar-refractivity contribution in [3.63, 3.8) is 0 Å². The van der Waals surface area contributed by atoms with Crippen molar-refractivity contribution in [2.75, 3.05) is 5.73 Å². The summed E-state index contributed by atoms with van der Waals surface area (Å²) in [4.78, 5) is 12.6. The number of fused-ring (bicyclic) bond motifs is 1. The molecule has 0 unspecified atom stereocenters. The second-order valence-corrected chi connectivity index (χ2v) is 6.98. The molecule has 1 heterocycles. The molecule has 2 aromatic carbocycles. The van der Waals surface area contributed by atoms with Gasteiger partial charge in [-0.2, -0.15) is 5.10 Å². The van der Waals surface area contributed by atoms with Gasteiger partial charge < -0.3 is 5.73 Å². The number of amides is 1. The number of hydrogen-bond acceptors (Lipinski definition) is 3. The van der Waals surface area contributed by atoms with Crippen molar-refractivity contribution in [3.05, 3.63) is 68.8 Å². The van der Waals surface area contributed by atoms with Crippen LogP contribution in [0.2, 0.25) is 10.0 Å². The van der Waals surface area contributed by atoms with Gasteiger partial charge in [0, 0.05) is 28.9 Å². The van der Waals surface area contributed by atoms with E-state index >= 15 is 0 Å². The van der Waals surface area contributed by atoms with E-state index in [1.54, 1.807) is 24.3 Å². The molecule has 4 nitrogen and oxygen atoms in total. The van der Waals surface area contributed by atoms with Crippen LogP contribution < -0.4 is 5.73 Å². The van der Waals surface area contributed by atoms with Crippen LogP contribution in [-0.4, -0.2) is 16.6 Å². The number of carbonyl (C=O) groups is 1. The Morgan fingerprint density at radius 3 is 2.46 bits per heavy atom. The SMILES string of the molecule is CCCC(=O)N1N=C(c2ccc(N)cc2)c2cc(Cl)c(Cl)cc2C=C1C. The highest BCUT2D eigenvalue weighted by atomic mass is 35.5. The molecule has 0 atom stereocenters. The molecular weight excluding hydrogens is 369 g/mol. The lowest BCUT2D eigenvalue weighted by atomic mass is 9.97. The van der Waals surface area contributed by atoms with Crippen LogP contribution in [0, 0.1) is 0 Å². The van der Waals surface area contributed by atoms with Gasteiger partial charge in [0.05, 0.1) is 15.8 Å². The molecule has 2 N–H and O–H groups in total. The van der Waals surface area contributed by atoms with Crippen LogP contribution in [0.25, 0.3) is 6.08 Å². The second kappa shape index (κ2) is 7.52. The van der Waals surface area contributed by atoms with Gasteiger partial charge in [0.2, 0.25) is 5.91 Å². The molecule has 2 aromatic rings. The van der Waals surface area contributed by atoms with Crippen molar-refractivity contribution < 1.29 is 4.79 Å². The zero-order valence-electron chi connectivity index (χ0n) is 14.6. The molecule has 0 aliphatic carbocycles. The second-order valence-electron chi connectivity index (χ2n) is 6.17. The van der Waals surface area contributed by atoms with Crippen molar-refractivity contribution in [2.45, 2.75) is 26.7 Å². The molecule has 0 aromatic heterocycles. The summed E-state index contributed by atoms with van der Waals surface area (Å²) < 4.78 is 0. The predicted molar refractivity (Wildman–Crippen MR) is 108 cm³/mol. The number of rotatable bonds is 3. The van der Waals surface area contributed by atoms with Gasteiger partial charge in [-0.05, 0) is 49.2 Å².